The minimum absolute atomic E-state index is 0.00189. The summed E-state index contributed by atoms with van der Waals surface area (Å²) in [7, 11) is -2.06. The first-order valence-electron chi connectivity index (χ1n) is 24.8. The molecule has 0 spiro atoms. The van der Waals surface area contributed by atoms with Crippen molar-refractivity contribution in [2.75, 3.05) is 40.0 Å². The molecule has 352 valence electrons. The minimum Gasteiger partial charge on any atom is -0.347 e. The van der Waals surface area contributed by atoms with Gasteiger partial charge in [-0.3, -0.25) is 13.9 Å². The van der Waals surface area contributed by atoms with Gasteiger partial charge in [-0.05, 0) is 110 Å². The van der Waals surface area contributed by atoms with Gasteiger partial charge in [-0.15, -0.1) is 0 Å². The lowest BCUT2D eigenvalue weighted by Crippen LogP contribution is -2.48. The fourth-order valence-electron chi connectivity index (χ4n) is 8.26. The van der Waals surface area contributed by atoms with Crippen LogP contribution in [0.25, 0.3) is 0 Å². The lowest BCUT2D eigenvalue weighted by molar-refractivity contribution is -0.191. The molecule has 1 heterocycles. The Morgan fingerprint density at radius 1 is 0.667 bits per heavy atom. The molecule has 0 aliphatic carbocycles. The van der Waals surface area contributed by atoms with Gasteiger partial charge in [0, 0.05) is 31.5 Å². The first-order chi connectivity index (χ1) is 28.8. The van der Waals surface area contributed by atoms with Gasteiger partial charge in [0.05, 0.1) is 25.9 Å². The number of ether oxygens (including phenoxy) is 2. The van der Waals surface area contributed by atoms with Gasteiger partial charge in [0.25, 0.3) is 0 Å². The van der Waals surface area contributed by atoms with Crippen LogP contribution < -0.4 is 5.73 Å². The molecule has 1 rings (SSSR count). The van der Waals surface area contributed by atoms with Crippen molar-refractivity contribution in [3.8, 4) is 0 Å². The number of nitrogens with zero attached hydrogens (tertiary/aromatic N) is 1. The fraction of sp³-hybridized carbons (Fsp3) is 0.843. The molecular weight excluding hydrogens is 768 g/mol. The van der Waals surface area contributed by atoms with E-state index in [1.54, 1.807) is 0 Å². The van der Waals surface area contributed by atoms with Gasteiger partial charge in [0.15, 0.2) is 5.79 Å². The molecule has 1 unspecified atom stereocenters. The Balaban J connectivity index is 2.60. The SMILES string of the molecule is CCCCC/C=C\C/C=C\CCCCCCCCC1(CCCCCCCC/C=C\C/C=C\CCCCC)OC[C@H](C(C)(C)CC(C)(C)N(C)CCOP(=O)(O)OCCN)O1. The van der Waals surface area contributed by atoms with E-state index in [2.05, 4.69) is 95.1 Å². The molecule has 8 nitrogen and oxygen atoms in total. The fourth-order valence-corrected chi connectivity index (χ4v) is 8.98. The van der Waals surface area contributed by atoms with E-state index in [-0.39, 0.29) is 36.8 Å². The van der Waals surface area contributed by atoms with Crippen molar-refractivity contribution in [2.24, 2.45) is 11.1 Å². The van der Waals surface area contributed by atoms with Gasteiger partial charge >= 0.3 is 7.82 Å². The number of likely N-dealkylation sites (N-methyl/N-ethyl adjacent to an activating group) is 1. The summed E-state index contributed by atoms with van der Waals surface area (Å²) in [5, 5.41) is 0. The largest absolute Gasteiger partial charge is 0.472 e. The average molecular weight is 865 g/mol. The molecule has 0 aromatic carbocycles. The van der Waals surface area contributed by atoms with Crippen LogP contribution in [0.15, 0.2) is 48.6 Å². The Labute approximate surface area is 371 Å². The predicted octanol–water partition coefficient (Wildman–Crippen LogP) is 14.7. The first kappa shape index (κ1) is 56.9. The minimum atomic E-state index is -4.10. The molecule has 0 aromatic heterocycles. The van der Waals surface area contributed by atoms with Gasteiger partial charge in [-0.1, -0.05) is 153 Å². The van der Waals surface area contributed by atoms with Gasteiger partial charge in [0.2, 0.25) is 0 Å². The molecule has 1 fully saturated rings. The van der Waals surface area contributed by atoms with Crippen LogP contribution in [0.3, 0.4) is 0 Å². The first-order valence-corrected chi connectivity index (χ1v) is 26.3. The van der Waals surface area contributed by atoms with E-state index < -0.39 is 13.6 Å². The summed E-state index contributed by atoms with van der Waals surface area (Å²) in [4.78, 5) is 12.1. The van der Waals surface area contributed by atoms with Gasteiger partial charge in [-0.2, -0.15) is 0 Å². The molecule has 0 aromatic rings. The van der Waals surface area contributed by atoms with Crippen LogP contribution in [0.5, 0.6) is 0 Å². The lowest BCUT2D eigenvalue weighted by atomic mass is 9.75. The number of hydrogen-bond donors (Lipinski definition) is 2. The van der Waals surface area contributed by atoms with Crippen molar-refractivity contribution >= 4 is 7.82 Å². The number of nitrogens with two attached hydrogens (primary N) is 1. The highest BCUT2D eigenvalue weighted by Crippen LogP contribution is 2.45. The van der Waals surface area contributed by atoms with Crippen LogP contribution in [-0.2, 0) is 23.1 Å². The highest BCUT2D eigenvalue weighted by Gasteiger charge is 2.48. The van der Waals surface area contributed by atoms with E-state index in [9.17, 15) is 9.46 Å². The highest BCUT2D eigenvalue weighted by atomic mass is 31.2. The molecule has 1 aliphatic rings. The van der Waals surface area contributed by atoms with E-state index in [0.29, 0.717) is 13.2 Å². The molecule has 1 aliphatic heterocycles. The van der Waals surface area contributed by atoms with E-state index in [1.165, 1.54) is 128 Å². The third kappa shape index (κ3) is 29.3. The molecule has 0 bridgehead atoms. The Morgan fingerprint density at radius 3 is 1.53 bits per heavy atom. The maximum absolute atomic E-state index is 12.1. The number of rotatable bonds is 41. The lowest BCUT2D eigenvalue weighted by Gasteiger charge is -2.43. The summed E-state index contributed by atoms with van der Waals surface area (Å²) < 4.78 is 36.0. The van der Waals surface area contributed by atoms with Crippen molar-refractivity contribution in [1.82, 2.24) is 4.90 Å². The smallest absolute Gasteiger partial charge is 0.347 e. The van der Waals surface area contributed by atoms with Crippen LogP contribution in [-0.4, -0.2) is 67.2 Å². The second kappa shape index (κ2) is 35.3. The number of hydrogen-bond acceptors (Lipinski definition) is 7. The number of allylic oxidation sites excluding steroid dienone is 8. The van der Waals surface area contributed by atoms with Crippen molar-refractivity contribution in [2.45, 2.75) is 232 Å². The summed E-state index contributed by atoms with van der Waals surface area (Å²) in [6, 6.07) is 0. The van der Waals surface area contributed by atoms with Crippen LogP contribution in [0, 0.1) is 5.41 Å². The van der Waals surface area contributed by atoms with Crippen molar-refractivity contribution < 1.29 is 28.0 Å². The van der Waals surface area contributed by atoms with E-state index in [4.69, 9.17) is 24.3 Å². The zero-order chi connectivity index (χ0) is 44.3. The molecule has 9 heteroatoms. The van der Waals surface area contributed by atoms with E-state index in [1.807, 2.05) is 7.05 Å². The molecular formula is C51H97N2O6P. The third-order valence-electron chi connectivity index (χ3n) is 12.2. The molecule has 0 radical (unpaired) electrons. The number of unbranched alkanes of at least 4 members (excludes halogenated alkanes) is 18. The Morgan fingerprint density at radius 2 is 1.08 bits per heavy atom. The van der Waals surface area contributed by atoms with Gasteiger partial charge < -0.3 is 20.1 Å². The monoisotopic (exact) mass is 865 g/mol. The van der Waals surface area contributed by atoms with Gasteiger partial charge in [-0.25, -0.2) is 4.57 Å². The number of phosphoric acid groups is 1. The number of phosphoric ester groups is 1. The third-order valence-corrected chi connectivity index (χ3v) is 13.2. The van der Waals surface area contributed by atoms with Crippen LogP contribution in [0.2, 0.25) is 0 Å². The molecule has 1 saturated heterocycles. The van der Waals surface area contributed by atoms with Crippen LogP contribution >= 0.6 is 7.82 Å². The molecule has 0 amide bonds. The Bertz CT molecular complexity index is 1140. The maximum atomic E-state index is 12.1. The molecule has 0 saturated carbocycles. The normalized spacial score (nSPS) is 17.5. The summed E-state index contributed by atoms with van der Waals surface area (Å²) in [5.41, 5.74) is 5.06. The van der Waals surface area contributed by atoms with Crippen LogP contribution in [0.1, 0.15) is 215 Å². The molecule has 3 N–H and O–H groups in total. The summed E-state index contributed by atoms with van der Waals surface area (Å²) in [6.07, 6.45) is 51.4. The summed E-state index contributed by atoms with van der Waals surface area (Å²) in [6.45, 7) is 14.9. The van der Waals surface area contributed by atoms with Crippen molar-refractivity contribution in [3.05, 3.63) is 48.6 Å². The maximum Gasteiger partial charge on any atom is 0.472 e. The van der Waals surface area contributed by atoms with Gasteiger partial charge in [0.1, 0.15) is 0 Å². The zero-order valence-electron chi connectivity index (χ0n) is 40.3. The van der Waals surface area contributed by atoms with E-state index >= 15 is 0 Å². The van der Waals surface area contributed by atoms with Crippen LogP contribution in [0.4, 0.5) is 0 Å². The zero-order valence-corrected chi connectivity index (χ0v) is 41.2. The highest BCUT2D eigenvalue weighted by molar-refractivity contribution is 7.47. The molecule has 2 atom stereocenters. The second-order valence-corrected chi connectivity index (χ2v) is 20.3. The quantitative estimate of drug-likeness (QED) is 0.0356. The topological polar surface area (TPSA) is 103 Å². The van der Waals surface area contributed by atoms with E-state index in [0.717, 1.165) is 44.9 Å². The predicted molar refractivity (Wildman–Crippen MR) is 257 cm³/mol. The standard InChI is InChI=1S/C51H97N2O6P/c1-8-10-12-14-16-18-20-22-24-26-28-30-32-34-36-38-40-51(41-39-37-35-33-31-29-27-25-23-21-19-17-15-13-11-9-2)56-46-48(59-51)49(3,4)47-50(5,6)53(7)43-45-58-60(54,55)57-44-42-52/h16-19,22-25,48H,8-15,20-21,26-47,52H2,1-7H3,(H,54,55)/b18-16-,19-17-,24-22-,25-23-/t48-/m1/s1. The Kier molecular flexibility index (Phi) is 33.5. The van der Waals surface area contributed by atoms with Crippen molar-refractivity contribution in [3.63, 3.8) is 0 Å². The molecule has 60 heavy (non-hydrogen) atoms. The second-order valence-electron chi connectivity index (χ2n) is 18.8. The van der Waals surface area contributed by atoms with Crippen molar-refractivity contribution in [1.29, 1.82) is 0 Å². The summed E-state index contributed by atoms with van der Waals surface area (Å²) >= 11 is 0. The Hall–Kier alpha value is -1.09. The average Bonchev–Trinajstić information content (AvgIpc) is 3.64. The summed E-state index contributed by atoms with van der Waals surface area (Å²) in [5.74, 6) is -0.498.